The van der Waals surface area contributed by atoms with E-state index in [2.05, 4.69) is 22.9 Å². The summed E-state index contributed by atoms with van der Waals surface area (Å²) in [6.45, 7) is 2.20. The molecule has 1 fully saturated rings. The van der Waals surface area contributed by atoms with Crippen molar-refractivity contribution in [1.82, 2.24) is 0 Å². The number of benzene rings is 1. The van der Waals surface area contributed by atoms with Crippen molar-refractivity contribution < 1.29 is 9.53 Å². The van der Waals surface area contributed by atoms with Crippen LogP contribution in [0.25, 0.3) is 0 Å². The largest absolute Gasteiger partial charge is 0.486 e. The highest BCUT2D eigenvalue weighted by Gasteiger charge is 2.48. The Kier molecular flexibility index (Phi) is 2.97. The number of halogens is 1. The maximum Gasteiger partial charge on any atom is 0.170 e. The van der Waals surface area contributed by atoms with E-state index in [1.165, 1.54) is 12.8 Å². The Bertz CT molecular complexity index is 497. The first-order valence-electron chi connectivity index (χ1n) is 6.66. The van der Waals surface area contributed by atoms with Crippen molar-refractivity contribution in [2.24, 2.45) is 5.92 Å². The Morgan fingerprint density at radius 3 is 3.11 bits per heavy atom. The average molecular weight is 309 g/mol. The van der Waals surface area contributed by atoms with Gasteiger partial charge in [-0.05, 0) is 49.8 Å². The first-order chi connectivity index (χ1) is 8.64. The van der Waals surface area contributed by atoms with Crippen LogP contribution >= 0.6 is 15.9 Å². The Balaban J connectivity index is 2.01. The van der Waals surface area contributed by atoms with Gasteiger partial charge in [0.05, 0.1) is 12.0 Å². The zero-order valence-corrected chi connectivity index (χ0v) is 12.1. The van der Waals surface area contributed by atoms with E-state index < -0.39 is 0 Å². The summed E-state index contributed by atoms with van der Waals surface area (Å²) < 4.78 is 7.21. The second-order valence-corrected chi connectivity index (χ2v) is 6.32. The molecule has 0 bridgehead atoms. The highest BCUT2D eigenvalue weighted by molar-refractivity contribution is 9.10. The second-order valence-electron chi connectivity index (χ2n) is 5.40. The van der Waals surface area contributed by atoms with Gasteiger partial charge >= 0.3 is 0 Å². The number of Topliss-reactive ketones (excluding diaryl/α,β-unsaturated/α-hetero) is 1. The number of carbonyl (C=O) groups is 1. The molecule has 1 aromatic rings. The summed E-state index contributed by atoms with van der Waals surface area (Å²) in [6, 6.07) is 5.74. The molecule has 96 valence electrons. The summed E-state index contributed by atoms with van der Waals surface area (Å²) in [5.41, 5.74) is 0.517. The molecular weight excluding hydrogens is 292 g/mol. The summed E-state index contributed by atoms with van der Waals surface area (Å²) in [4.78, 5) is 12.4. The molecule has 0 radical (unpaired) electrons. The topological polar surface area (TPSA) is 26.3 Å². The van der Waals surface area contributed by atoms with Crippen LogP contribution in [0.5, 0.6) is 5.75 Å². The van der Waals surface area contributed by atoms with Crippen LogP contribution in [-0.4, -0.2) is 11.4 Å². The van der Waals surface area contributed by atoms with Crippen LogP contribution in [0.15, 0.2) is 22.7 Å². The van der Waals surface area contributed by atoms with Crippen molar-refractivity contribution in [2.45, 2.75) is 44.6 Å². The number of ether oxygens (including phenoxy) is 1. The fourth-order valence-corrected chi connectivity index (χ4v) is 3.85. The predicted molar refractivity (Wildman–Crippen MR) is 74.1 cm³/mol. The molecule has 1 aliphatic carbocycles. The highest BCUT2D eigenvalue weighted by atomic mass is 79.9. The monoisotopic (exact) mass is 308 g/mol. The number of fused-ring (bicyclic) bond motifs is 1. The maximum absolute atomic E-state index is 12.4. The minimum Gasteiger partial charge on any atom is -0.486 e. The zero-order valence-electron chi connectivity index (χ0n) is 10.5. The van der Waals surface area contributed by atoms with Crippen LogP contribution < -0.4 is 4.74 Å². The molecule has 2 aliphatic rings. The molecule has 1 spiro atoms. The molecule has 2 atom stereocenters. The molecule has 2 unspecified atom stereocenters. The van der Waals surface area contributed by atoms with Crippen LogP contribution in [0.4, 0.5) is 0 Å². The lowest BCUT2D eigenvalue weighted by Crippen LogP contribution is -2.44. The molecule has 3 heteroatoms. The number of hydrogen-bond acceptors (Lipinski definition) is 2. The third-order valence-corrected chi connectivity index (χ3v) is 4.90. The van der Waals surface area contributed by atoms with Crippen molar-refractivity contribution in [1.29, 1.82) is 0 Å². The molecule has 0 aromatic heterocycles. The summed E-state index contributed by atoms with van der Waals surface area (Å²) in [5, 5.41) is 0. The van der Waals surface area contributed by atoms with Crippen molar-refractivity contribution in [2.75, 3.05) is 0 Å². The van der Waals surface area contributed by atoms with E-state index in [0.717, 1.165) is 28.6 Å². The molecule has 1 aromatic carbocycles. The fourth-order valence-electron chi connectivity index (χ4n) is 3.49. The number of hydrogen-bond donors (Lipinski definition) is 0. The van der Waals surface area contributed by atoms with E-state index in [4.69, 9.17) is 4.74 Å². The minimum atomic E-state index is -0.216. The molecule has 18 heavy (non-hydrogen) atoms. The highest BCUT2D eigenvalue weighted by Crippen LogP contribution is 2.47. The van der Waals surface area contributed by atoms with Crippen LogP contribution in [0.1, 0.15) is 49.4 Å². The molecule has 1 heterocycles. The van der Waals surface area contributed by atoms with Gasteiger partial charge in [-0.2, -0.15) is 0 Å². The quantitative estimate of drug-likeness (QED) is 0.770. The standard InChI is InChI=1S/C15H17BrO2/c1-2-10-4-3-7-15(10)9-13(17)12-8-11(16)5-6-14(12)18-15/h5-6,8,10H,2-4,7,9H2,1H3. The van der Waals surface area contributed by atoms with Crippen LogP contribution in [0.3, 0.4) is 0 Å². The van der Waals surface area contributed by atoms with Crippen molar-refractivity contribution in [3.05, 3.63) is 28.2 Å². The molecule has 0 N–H and O–H groups in total. The average Bonchev–Trinajstić information content (AvgIpc) is 2.72. The number of rotatable bonds is 1. The SMILES string of the molecule is CCC1CCCC12CC(=O)c1cc(Br)ccc1O2. The van der Waals surface area contributed by atoms with Gasteiger partial charge in [-0.15, -0.1) is 0 Å². The number of ketones is 1. The lowest BCUT2D eigenvalue weighted by molar-refractivity contribution is 0.0113. The summed E-state index contributed by atoms with van der Waals surface area (Å²) in [6.07, 6.45) is 5.04. The van der Waals surface area contributed by atoms with E-state index in [-0.39, 0.29) is 11.4 Å². The third-order valence-electron chi connectivity index (χ3n) is 4.40. The van der Waals surface area contributed by atoms with Gasteiger partial charge in [-0.25, -0.2) is 0 Å². The van der Waals surface area contributed by atoms with E-state index in [1.807, 2.05) is 18.2 Å². The molecule has 2 nitrogen and oxygen atoms in total. The molecule has 1 saturated carbocycles. The molecule has 1 aliphatic heterocycles. The molecule has 3 rings (SSSR count). The van der Waals surface area contributed by atoms with Gasteiger partial charge in [0.25, 0.3) is 0 Å². The lowest BCUT2D eigenvalue weighted by atomic mass is 9.81. The number of carbonyl (C=O) groups excluding carboxylic acids is 1. The summed E-state index contributed by atoms with van der Waals surface area (Å²) in [7, 11) is 0. The first kappa shape index (κ1) is 12.2. The lowest BCUT2D eigenvalue weighted by Gasteiger charge is -2.39. The van der Waals surface area contributed by atoms with E-state index >= 15 is 0 Å². The van der Waals surface area contributed by atoms with Gasteiger partial charge in [0.1, 0.15) is 11.4 Å². The Morgan fingerprint density at radius 1 is 1.50 bits per heavy atom. The van der Waals surface area contributed by atoms with Gasteiger partial charge in [-0.3, -0.25) is 4.79 Å². The zero-order chi connectivity index (χ0) is 12.8. The summed E-state index contributed by atoms with van der Waals surface area (Å²) >= 11 is 3.41. The van der Waals surface area contributed by atoms with Crippen molar-refractivity contribution >= 4 is 21.7 Å². The summed E-state index contributed by atoms with van der Waals surface area (Å²) in [5.74, 6) is 1.53. The van der Waals surface area contributed by atoms with Gasteiger partial charge in [-0.1, -0.05) is 22.9 Å². The van der Waals surface area contributed by atoms with Gasteiger partial charge in [0.15, 0.2) is 5.78 Å². The molecular formula is C15H17BrO2. The predicted octanol–water partition coefficient (Wildman–Crippen LogP) is 4.36. The van der Waals surface area contributed by atoms with E-state index in [1.54, 1.807) is 0 Å². The third kappa shape index (κ3) is 1.80. The Morgan fingerprint density at radius 2 is 2.33 bits per heavy atom. The van der Waals surface area contributed by atoms with Crippen LogP contribution in [0.2, 0.25) is 0 Å². The smallest absolute Gasteiger partial charge is 0.170 e. The van der Waals surface area contributed by atoms with E-state index in [0.29, 0.717) is 12.3 Å². The van der Waals surface area contributed by atoms with Crippen molar-refractivity contribution in [3.63, 3.8) is 0 Å². The normalized spacial score (nSPS) is 30.3. The van der Waals surface area contributed by atoms with Crippen LogP contribution in [-0.2, 0) is 0 Å². The second kappa shape index (κ2) is 4.37. The Hall–Kier alpha value is -0.830. The Labute approximate surface area is 116 Å². The van der Waals surface area contributed by atoms with Crippen LogP contribution in [0, 0.1) is 5.92 Å². The van der Waals surface area contributed by atoms with Gasteiger partial charge < -0.3 is 4.74 Å². The maximum atomic E-state index is 12.4. The molecule has 0 amide bonds. The van der Waals surface area contributed by atoms with Crippen molar-refractivity contribution in [3.8, 4) is 5.75 Å². The van der Waals surface area contributed by atoms with E-state index in [9.17, 15) is 4.79 Å². The fraction of sp³-hybridized carbons (Fsp3) is 0.533. The minimum absolute atomic E-state index is 0.216. The van der Waals surface area contributed by atoms with Gasteiger partial charge in [0.2, 0.25) is 0 Å². The molecule has 0 saturated heterocycles. The first-order valence-corrected chi connectivity index (χ1v) is 7.46. The van der Waals surface area contributed by atoms with Gasteiger partial charge in [0, 0.05) is 4.47 Å².